The van der Waals surface area contributed by atoms with Crippen molar-refractivity contribution < 1.29 is 4.42 Å². The van der Waals surface area contributed by atoms with Crippen LogP contribution in [-0.2, 0) is 5.41 Å². The molecule has 0 saturated heterocycles. The molecule has 0 N–H and O–H groups in total. The molecule has 4 nitrogen and oxygen atoms in total. The zero-order valence-corrected chi connectivity index (χ0v) is 25.5. The molecule has 4 heteroatoms. The Morgan fingerprint density at radius 1 is 0.413 bits per heavy atom. The number of benzene rings is 6. The summed E-state index contributed by atoms with van der Waals surface area (Å²) < 4.78 is 6.19. The second kappa shape index (κ2) is 10.1. The molecule has 0 amide bonds. The summed E-state index contributed by atoms with van der Waals surface area (Å²) in [5.41, 5.74) is 12.2. The van der Waals surface area contributed by atoms with Gasteiger partial charge in [0.25, 0.3) is 0 Å². The number of hydrogen-bond acceptors (Lipinski definition) is 4. The molecule has 218 valence electrons. The minimum Gasteiger partial charge on any atom is -0.456 e. The van der Waals surface area contributed by atoms with Crippen molar-refractivity contribution in [3.8, 4) is 56.4 Å². The SMILES string of the molecule is CC1(C)c2ccccc2-c2ccc(-c3ccc(-c4nc(-c5ccccc5)nc(-c5ccc6c(c5)oc5ccccc56)n4)cc3)cc21. The molecule has 0 radical (unpaired) electrons. The van der Waals surface area contributed by atoms with Crippen molar-refractivity contribution in [2.24, 2.45) is 0 Å². The van der Waals surface area contributed by atoms with E-state index in [0.29, 0.717) is 17.5 Å². The van der Waals surface area contributed by atoms with Gasteiger partial charge in [-0.1, -0.05) is 129 Å². The second-order valence-electron chi connectivity index (χ2n) is 12.5. The van der Waals surface area contributed by atoms with E-state index in [1.165, 1.54) is 27.8 Å². The Morgan fingerprint density at radius 3 is 1.78 bits per heavy atom. The van der Waals surface area contributed by atoms with Gasteiger partial charge < -0.3 is 4.42 Å². The van der Waals surface area contributed by atoms with Crippen molar-refractivity contribution in [3.63, 3.8) is 0 Å². The standard InChI is InChI=1S/C42H29N3O/c1-42(2)35-14-8-6-12-31(35)32-22-20-29(24-36(32)42)26-16-18-28(19-17-26)40-43-39(27-10-4-3-5-11-27)44-41(45-40)30-21-23-34-33-13-7-9-15-37(33)46-38(34)25-30/h3-25H,1-2H3. The Balaban J connectivity index is 1.12. The van der Waals surface area contributed by atoms with Gasteiger partial charge in [0, 0.05) is 32.9 Å². The van der Waals surface area contributed by atoms with E-state index in [1.807, 2.05) is 54.6 Å². The molecular weight excluding hydrogens is 562 g/mol. The maximum atomic E-state index is 6.19. The lowest BCUT2D eigenvalue weighted by Crippen LogP contribution is -2.14. The summed E-state index contributed by atoms with van der Waals surface area (Å²) in [4.78, 5) is 14.9. The third kappa shape index (κ3) is 4.18. The summed E-state index contributed by atoms with van der Waals surface area (Å²) in [6.45, 7) is 4.64. The van der Waals surface area contributed by atoms with E-state index in [1.54, 1.807) is 0 Å². The topological polar surface area (TPSA) is 51.8 Å². The van der Waals surface area contributed by atoms with E-state index < -0.39 is 0 Å². The Kier molecular flexibility index (Phi) is 5.81. The van der Waals surface area contributed by atoms with Gasteiger partial charge in [-0.25, -0.2) is 15.0 Å². The fourth-order valence-corrected chi connectivity index (χ4v) is 6.91. The average Bonchev–Trinajstić information content (AvgIpc) is 3.60. The minimum atomic E-state index is -0.0393. The molecule has 0 saturated carbocycles. The van der Waals surface area contributed by atoms with Crippen LogP contribution in [0, 0.1) is 0 Å². The highest BCUT2D eigenvalue weighted by Crippen LogP contribution is 2.49. The fraction of sp³-hybridized carbons (Fsp3) is 0.0714. The van der Waals surface area contributed by atoms with Gasteiger partial charge in [0.15, 0.2) is 17.5 Å². The van der Waals surface area contributed by atoms with Crippen LogP contribution in [0.25, 0.3) is 78.4 Å². The van der Waals surface area contributed by atoms with E-state index in [-0.39, 0.29) is 5.41 Å². The van der Waals surface area contributed by atoms with E-state index >= 15 is 0 Å². The lowest BCUT2D eigenvalue weighted by Gasteiger charge is -2.22. The fourth-order valence-electron chi connectivity index (χ4n) is 6.91. The van der Waals surface area contributed by atoms with Crippen molar-refractivity contribution in [1.82, 2.24) is 15.0 Å². The highest BCUT2D eigenvalue weighted by molar-refractivity contribution is 6.05. The molecule has 6 aromatic carbocycles. The third-order valence-electron chi connectivity index (χ3n) is 9.36. The summed E-state index contributed by atoms with van der Waals surface area (Å²) in [6, 6.07) is 48.5. The summed E-state index contributed by atoms with van der Waals surface area (Å²) in [5.74, 6) is 1.87. The Labute approximate surface area is 267 Å². The monoisotopic (exact) mass is 591 g/mol. The first-order valence-electron chi connectivity index (χ1n) is 15.6. The van der Waals surface area contributed by atoms with E-state index in [4.69, 9.17) is 19.4 Å². The van der Waals surface area contributed by atoms with Crippen LogP contribution in [0.1, 0.15) is 25.0 Å². The number of fused-ring (bicyclic) bond motifs is 6. The average molecular weight is 592 g/mol. The molecule has 0 aliphatic heterocycles. The van der Waals surface area contributed by atoms with Gasteiger partial charge in [0.2, 0.25) is 0 Å². The Hall–Kier alpha value is -5.87. The maximum absolute atomic E-state index is 6.19. The number of hydrogen-bond donors (Lipinski definition) is 0. The lowest BCUT2D eigenvalue weighted by molar-refractivity contribution is 0.660. The third-order valence-corrected chi connectivity index (χ3v) is 9.36. The molecule has 2 aromatic heterocycles. The molecular formula is C42H29N3O. The van der Waals surface area contributed by atoms with Crippen molar-refractivity contribution in [3.05, 3.63) is 151 Å². The highest BCUT2D eigenvalue weighted by atomic mass is 16.3. The van der Waals surface area contributed by atoms with Crippen molar-refractivity contribution in [1.29, 1.82) is 0 Å². The second-order valence-corrected chi connectivity index (χ2v) is 12.5. The predicted molar refractivity (Wildman–Crippen MR) is 186 cm³/mol. The van der Waals surface area contributed by atoms with E-state index in [2.05, 4.69) is 98.8 Å². The van der Waals surface area contributed by atoms with Gasteiger partial charge in [-0.2, -0.15) is 0 Å². The first-order valence-corrected chi connectivity index (χ1v) is 15.6. The largest absolute Gasteiger partial charge is 0.456 e. The van der Waals surface area contributed by atoms with Gasteiger partial charge in [-0.3, -0.25) is 0 Å². The van der Waals surface area contributed by atoms with Crippen molar-refractivity contribution in [2.75, 3.05) is 0 Å². The Bertz CT molecular complexity index is 2440. The zero-order chi connectivity index (χ0) is 30.8. The van der Waals surface area contributed by atoms with Crippen LogP contribution in [0.5, 0.6) is 0 Å². The van der Waals surface area contributed by atoms with Crippen molar-refractivity contribution in [2.45, 2.75) is 19.3 Å². The molecule has 46 heavy (non-hydrogen) atoms. The molecule has 0 spiro atoms. The highest BCUT2D eigenvalue weighted by Gasteiger charge is 2.35. The van der Waals surface area contributed by atoms with Crippen LogP contribution in [0.4, 0.5) is 0 Å². The quantitative estimate of drug-likeness (QED) is 0.204. The van der Waals surface area contributed by atoms with Gasteiger partial charge in [-0.05, 0) is 57.6 Å². The van der Waals surface area contributed by atoms with Gasteiger partial charge in [0.1, 0.15) is 11.2 Å². The van der Waals surface area contributed by atoms with Gasteiger partial charge in [-0.15, -0.1) is 0 Å². The molecule has 1 aliphatic rings. The molecule has 0 fully saturated rings. The number of para-hydroxylation sites is 1. The lowest BCUT2D eigenvalue weighted by atomic mass is 9.81. The number of furan rings is 1. The van der Waals surface area contributed by atoms with Gasteiger partial charge in [0.05, 0.1) is 0 Å². The van der Waals surface area contributed by atoms with E-state index in [9.17, 15) is 0 Å². The first kappa shape index (κ1) is 26.5. The van der Waals surface area contributed by atoms with Gasteiger partial charge >= 0.3 is 0 Å². The number of nitrogens with zero attached hydrogens (tertiary/aromatic N) is 3. The van der Waals surface area contributed by atoms with Crippen LogP contribution in [0.3, 0.4) is 0 Å². The number of aromatic nitrogens is 3. The zero-order valence-electron chi connectivity index (χ0n) is 25.5. The molecule has 1 aliphatic carbocycles. The van der Waals surface area contributed by atoms with Crippen LogP contribution in [0.2, 0.25) is 0 Å². The van der Waals surface area contributed by atoms with E-state index in [0.717, 1.165) is 44.2 Å². The van der Waals surface area contributed by atoms with Crippen LogP contribution < -0.4 is 0 Å². The van der Waals surface area contributed by atoms with Crippen LogP contribution in [-0.4, -0.2) is 15.0 Å². The number of rotatable bonds is 4. The van der Waals surface area contributed by atoms with Crippen LogP contribution >= 0.6 is 0 Å². The molecule has 0 atom stereocenters. The normalized spacial score (nSPS) is 13.2. The Morgan fingerprint density at radius 2 is 0.978 bits per heavy atom. The van der Waals surface area contributed by atoms with Crippen LogP contribution in [0.15, 0.2) is 144 Å². The molecule has 0 bridgehead atoms. The first-order chi connectivity index (χ1) is 22.5. The summed E-state index contributed by atoms with van der Waals surface area (Å²) >= 11 is 0. The maximum Gasteiger partial charge on any atom is 0.164 e. The molecule has 0 unspecified atom stereocenters. The molecule has 9 rings (SSSR count). The predicted octanol–water partition coefficient (Wildman–Crippen LogP) is 10.7. The van der Waals surface area contributed by atoms with Crippen molar-refractivity contribution >= 4 is 21.9 Å². The summed E-state index contributed by atoms with van der Waals surface area (Å²) in [7, 11) is 0. The summed E-state index contributed by atoms with van der Waals surface area (Å²) in [5, 5.41) is 2.17. The minimum absolute atomic E-state index is 0.0393. The molecule has 2 heterocycles. The summed E-state index contributed by atoms with van der Waals surface area (Å²) in [6.07, 6.45) is 0. The smallest absolute Gasteiger partial charge is 0.164 e. The molecule has 8 aromatic rings.